The van der Waals surface area contributed by atoms with Crippen molar-refractivity contribution in [2.45, 2.75) is 44.3 Å². The molecule has 32 heavy (non-hydrogen) atoms. The fourth-order valence-electron chi connectivity index (χ4n) is 3.40. The Hall–Kier alpha value is -3.24. The summed E-state index contributed by atoms with van der Waals surface area (Å²) in [6.07, 6.45) is 6.94. The van der Waals surface area contributed by atoms with Crippen LogP contribution < -0.4 is 15.6 Å². The molecule has 1 N–H and O–H groups in total. The van der Waals surface area contributed by atoms with Crippen LogP contribution in [0.3, 0.4) is 0 Å². The van der Waals surface area contributed by atoms with Crippen LogP contribution in [0.25, 0.3) is 16.6 Å². The van der Waals surface area contributed by atoms with E-state index in [1.54, 1.807) is 12.1 Å². The molecule has 1 amide bonds. The van der Waals surface area contributed by atoms with Gasteiger partial charge in [0, 0.05) is 0 Å². The molecule has 0 aliphatic heterocycles. The highest BCUT2D eigenvalue weighted by atomic mass is 32.2. The molecular formula is C25H27N3O3S. The molecule has 0 saturated heterocycles. The molecule has 7 heteroatoms. The van der Waals surface area contributed by atoms with Crippen molar-refractivity contribution in [3.8, 4) is 23.8 Å². The van der Waals surface area contributed by atoms with Gasteiger partial charge in [-0.15, -0.1) is 6.42 Å². The van der Waals surface area contributed by atoms with E-state index in [9.17, 15) is 9.59 Å². The minimum Gasteiger partial charge on any atom is -0.494 e. The topological polar surface area (TPSA) is 73.2 Å². The zero-order valence-corrected chi connectivity index (χ0v) is 19.4. The lowest BCUT2D eigenvalue weighted by atomic mass is 9.94. The van der Waals surface area contributed by atoms with Gasteiger partial charge in [-0.1, -0.05) is 43.7 Å². The van der Waals surface area contributed by atoms with E-state index >= 15 is 0 Å². The number of benzene rings is 2. The summed E-state index contributed by atoms with van der Waals surface area (Å²) in [5.41, 5.74) is 0.383. The van der Waals surface area contributed by atoms with Gasteiger partial charge in [0.1, 0.15) is 11.3 Å². The zero-order valence-electron chi connectivity index (χ0n) is 18.6. The quantitative estimate of drug-likeness (QED) is 0.301. The molecule has 1 aromatic heterocycles. The zero-order chi connectivity index (χ0) is 23.1. The van der Waals surface area contributed by atoms with Gasteiger partial charge in [-0.05, 0) is 56.2 Å². The number of para-hydroxylation sites is 1. The van der Waals surface area contributed by atoms with Crippen molar-refractivity contribution in [2.75, 3.05) is 12.4 Å². The number of carbonyl (C=O) groups excluding carboxylic acids is 1. The van der Waals surface area contributed by atoms with Crippen molar-refractivity contribution < 1.29 is 9.53 Å². The van der Waals surface area contributed by atoms with Gasteiger partial charge in [0.2, 0.25) is 5.91 Å². The first-order valence-electron chi connectivity index (χ1n) is 10.6. The predicted molar refractivity (Wildman–Crippen MR) is 130 cm³/mol. The lowest BCUT2D eigenvalue weighted by molar-refractivity contribution is -0.119. The normalized spacial score (nSPS) is 11.2. The maximum absolute atomic E-state index is 13.3. The summed E-state index contributed by atoms with van der Waals surface area (Å²) in [6.45, 7) is 6.37. The number of nitrogens with zero attached hydrogens (tertiary/aromatic N) is 2. The van der Waals surface area contributed by atoms with Gasteiger partial charge in [0.25, 0.3) is 5.56 Å². The third-order valence-electron chi connectivity index (χ3n) is 5.35. The smallest absolute Gasteiger partial charge is 0.266 e. The third-order valence-corrected chi connectivity index (χ3v) is 6.28. The monoisotopic (exact) mass is 449 g/mol. The Labute approximate surface area is 192 Å². The fourth-order valence-corrected chi connectivity index (χ4v) is 4.21. The SMILES string of the molecule is C#CC(CC)(CC)NC(=O)CSc1nc2ccccc2c(=O)n1-c1ccc(OCC)cc1. The molecular weight excluding hydrogens is 422 g/mol. The van der Waals surface area contributed by atoms with Crippen molar-refractivity contribution in [3.63, 3.8) is 0 Å². The first kappa shape index (κ1) is 23.4. The molecule has 0 aliphatic carbocycles. The fraction of sp³-hybridized carbons (Fsp3) is 0.320. The number of nitrogens with one attached hydrogen (secondary N) is 1. The summed E-state index contributed by atoms with van der Waals surface area (Å²) >= 11 is 1.21. The number of fused-ring (bicyclic) bond motifs is 1. The van der Waals surface area contributed by atoms with Crippen LogP contribution in [0.4, 0.5) is 0 Å². The second-order valence-electron chi connectivity index (χ2n) is 7.25. The van der Waals surface area contributed by atoms with Gasteiger partial charge in [0.05, 0.1) is 29.0 Å². The largest absolute Gasteiger partial charge is 0.494 e. The number of hydrogen-bond acceptors (Lipinski definition) is 5. The summed E-state index contributed by atoms with van der Waals surface area (Å²) in [7, 11) is 0. The van der Waals surface area contributed by atoms with E-state index in [4.69, 9.17) is 11.2 Å². The molecule has 3 aromatic rings. The maximum Gasteiger partial charge on any atom is 0.266 e. The summed E-state index contributed by atoms with van der Waals surface area (Å²) < 4.78 is 7.04. The number of carbonyl (C=O) groups is 1. The standard InChI is InChI=1S/C25H27N3O3S/c1-5-25(6-2,7-3)27-22(29)17-32-24-26-21-12-10-9-11-20(21)23(30)28(24)18-13-15-19(16-14-18)31-8-4/h1,9-16H,6-8,17H2,2-4H3,(H,27,29). The average molecular weight is 450 g/mol. The van der Waals surface area contributed by atoms with Crippen LogP contribution in [0.5, 0.6) is 5.75 Å². The lowest BCUT2D eigenvalue weighted by Gasteiger charge is -2.27. The van der Waals surface area contributed by atoms with Crippen LogP contribution >= 0.6 is 11.8 Å². The van der Waals surface area contributed by atoms with Crippen molar-refractivity contribution in [1.82, 2.24) is 14.9 Å². The van der Waals surface area contributed by atoms with E-state index in [0.717, 1.165) is 5.75 Å². The molecule has 6 nitrogen and oxygen atoms in total. The molecule has 0 unspecified atom stereocenters. The summed E-state index contributed by atoms with van der Waals surface area (Å²) in [4.78, 5) is 30.7. The summed E-state index contributed by atoms with van der Waals surface area (Å²) in [5, 5.41) is 3.90. The first-order chi connectivity index (χ1) is 15.5. The summed E-state index contributed by atoms with van der Waals surface area (Å²) in [5.74, 6) is 3.32. The van der Waals surface area contributed by atoms with Gasteiger partial charge in [0.15, 0.2) is 5.16 Å². The Morgan fingerprint density at radius 2 is 1.84 bits per heavy atom. The van der Waals surface area contributed by atoms with Gasteiger partial charge in [-0.2, -0.15) is 0 Å². The van der Waals surface area contributed by atoms with Gasteiger partial charge < -0.3 is 10.1 Å². The molecule has 2 aromatic carbocycles. The van der Waals surface area contributed by atoms with Crippen LogP contribution in [0.1, 0.15) is 33.6 Å². The van der Waals surface area contributed by atoms with Crippen molar-refractivity contribution in [2.24, 2.45) is 0 Å². The molecule has 0 fully saturated rings. The summed E-state index contributed by atoms with van der Waals surface area (Å²) in [6, 6.07) is 14.4. The second-order valence-corrected chi connectivity index (χ2v) is 8.19. The number of rotatable bonds is 9. The number of ether oxygens (including phenoxy) is 1. The van der Waals surface area contributed by atoms with Crippen LogP contribution in [-0.4, -0.2) is 33.4 Å². The molecule has 0 aliphatic rings. The van der Waals surface area contributed by atoms with E-state index in [1.807, 2.05) is 57.2 Å². The Kier molecular flexibility index (Phi) is 7.60. The van der Waals surface area contributed by atoms with Crippen LogP contribution in [0, 0.1) is 12.3 Å². The highest BCUT2D eigenvalue weighted by molar-refractivity contribution is 7.99. The molecule has 3 rings (SSSR count). The van der Waals surface area contributed by atoms with Crippen molar-refractivity contribution in [1.29, 1.82) is 0 Å². The number of aromatic nitrogens is 2. The Balaban J connectivity index is 1.97. The highest BCUT2D eigenvalue weighted by Gasteiger charge is 2.25. The van der Waals surface area contributed by atoms with Crippen molar-refractivity contribution in [3.05, 3.63) is 58.9 Å². The molecule has 166 valence electrons. The van der Waals surface area contributed by atoms with Crippen LogP contribution in [0.2, 0.25) is 0 Å². The van der Waals surface area contributed by atoms with E-state index in [1.165, 1.54) is 16.3 Å². The first-order valence-corrected chi connectivity index (χ1v) is 11.6. The Morgan fingerprint density at radius 3 is 2.47 bits per heavy atom. The molecule has 0 atom stereocenters. The highest BCUT2D eigenvalue weighted by Crippen LogP contribution is 2.23. The number of amides is 1. The molecule has 1 heterocycles. The Bertz CT molecular complexity index is 1190. The number of hydrogen-bond donors (Lipinski definition) is 1. The molecule has 0 saturated carbocycles. The minimum atomic E-state index is -0.663. The van der Waals surface area contributed by atoms with Crippen molar-refractivity contribution >= 4 is 28.6 Å². The lowest BCUT2D eigenvalue weighted by Crippen LogP contribution is -2.47. The van der Waals surface area contributed by atoms with E-state index in [-0.39, 0.29) is 17.2 Å². The number of thioether (sulfide) groups is 1. The predicted octanol–water partition coefficient (Wildman–Crippen LogP) is 4.18. The third kappa shape index (κ3) is 4.97. The van der Waals surface area contributed by atoms with Gasteiger partial charge in [-0.3, -0.25) is 14.2 Å². The average Bonchev–Trinajstić information content (AvgIpc) is 2.82. The van der Waals surface area contributed by atoms with Crippen LogP contribution in [0.15, 0.2) is 58.5 Å². The minimum absolute atomic E-state index is 0.0885. The maximum atomic E-state index is 13.3. The second kappa shape index (κ2) is 10.4. The molecule has 0 bridgehead atoms. The van der Waals surface area contributed by atoms with E-state index in [2.05, 4.69) is 16.2 Å². The van der Waals surface area contributed by atoms with Crippen LogP contribution in [-0.2, 0) is 4.79 Å². The number of terminal acetylenes is 1. The van der Waals surface area contributed by atoms with E-state index < -0.39 is 5.54 Å². The molecule has 0 spiro atoms. The Morgan fingerprint density at radius 1 is 1.16 bits per heavy atom. The molecule has 0 radical (unpaired) electrons. The van der Waals surface area contributed by atoms with Gasteiger partial charge >= 0.3 is 0 Å². The van der Waals surface area contributed by atoms with Gasteiger partial charge in [-0.25, -0.2) is 4.98 Å². The van der Waals surface area contributed by atoms with E-state index in [0.29, 0.717) is 41.2 Å².